The second kappa shape index (κ2) is 4.66. The number of nitrogens with zero attached hydrogens (tertiary/aromatic N) is 1. The first-order valence-electron chi connectivity index (χ1n) is 5.76. The van der Waals surface area contributed by atoms with Gasteiger partial charge in [0.2, 0.25) is 0 Å². The molecule has 0 aliphatic carbocycles. The molecule has 1 fully saturated rings. The molecule has 1 aliphatic heterocycles. The van der Waals surface area contributed by atoms with Crippen LogP contribution in [0.2, 0.25) is 0 Å². The molecule has 1 N–H and O–H groups in total. The van der Waals surface area contributed by atoms with Gasteiger partial charge in [0.1, 0.15) is 6.29 Å². The first kappa shape index (κ1) is 11.1. The molecule has 3 heteroatoms. The summed E-state index contributed by atoms with van der Waals surface area (Å²) in [5.41, 5.74) is 1.94. The van der Waals surface area contributed by atoms with Gasteiger partial charge in [-0.25, -0.2) is 0 Å². The van der Waals surface area contributed by atoms with Gasteiger partial charge in [-0.3, -0.25) is 4.79 Å². The molecule has 0 saturated carbocycles. The van der Waals surface area contributed by atoms with E-state index in [-0.39, 0.29) is 0 Å². The maximum Gasteiger partial charge on any atom is 0.150 e. The average molecular weight is 218 g/mol. The van der Waals surface area contributed by atoms with Gasteiger partial charge in [0.05, 0.1) is 0 Å². The number of rotatable bonds is 2. The van der Waals surface area contributed by atoms with Crippen LogP contribution in [-0.2, 0) is 0 Å². The lowest BCUT2D eigenvalue weighted by molar-refractivity contribution is 0.112. The summed E-state index contributed by atoms with van der Waals surface area (Å²) in [7, 11) is 0. The fourth-order valence-electron chi connectivity index (χ4n) is 2.13. The number of carbonyl (C=O) groups excluding carboxylic acids is 1. The van der Waals surface area contributed by atoms with Crippen LogP contribution in [0.1, 0.15) is 24.2 Å². The quantitative estimate of drug-likeness (QED) is 0.767. The van der Waals surface area contributed by atoms with E-state index in [0.717, 1.165) is 24.9 Å². The second-order valence-corrected chi connectivity index (χ2v) is 4.52. The molecule has 1 aromatic rings. The monoisotopic (exact) mass is 218 g/mol. The average Bonchev–Trinajstić information content (AvgIpc) is 2.32. The van der Waals surface area contributed by atoms with Crippen molar-refractivity contribution in [2.24, 2.45) is 0 Å². The zero-order valence-corrected chi connectivity index (χ0v) is 9.81. The van der Waals surface area contributed by atoms with Crippen molar-refractivity contribution in [2.75, 3.05) is 18.0 Å². The van der Waals surface area contributed by atoms with Crippen LogP contribution in [0.3, 0.4) is 0 Å². The van der Waals surface area contributed by atoms with Crippen LogP contribution >= 0.6 is 0 Å². The van der Waals surface area contributed by atoms with Gasteiger partial charge >= 0.3 is 0 Å². The van der Waals surface area contributed by atoms with Crippen molar-refractivity contribution < 1.29 is 4.79 Å². The van der Waals surface area contributed by atoms with Crippen LogP contribution in [0.4, 0.5) is 5.69 Å². The molecule has 1 heterocycles. The van der Waals surface area contributed by atoms with Crippen LogP contribution in [-0.4, -0.2) is 31.5 Å². The fraction of sp³-hybridized carbons (Fsp3) is 0.462. The van der Waals surface area contributed by atoms with Crippen LogP contribution in [0.15, 0.2) is 24.3 Å². The minimum absolute atomic E-state index is 0.498. The number of hydrogen-bond acceptors (Lipinski definition) is 3. The number of hydrogen-bond donors (Lipinski definition) is 1. The van der Waals surface area contributed by atoms with E-state index in [0.29, 0.717) is 12.1 Å². The predicted octanol–water partition coefficient (Wildman–Crippen LogP) is 1.69. The molecule has 0 spiro atoms. The first-order valence-corrected chi connectivity index (χ1v) is 5.76. The zero-order valence-electron chi connectivity index (χ0n) is 9.81. The van der Waals surface area contributed by atoms with Crippen LogP contribution in [0.5, 0.6) is 0 Å². The van der Waals surface area contributed by atoms with Gasteiger partial charge in [0.25, 0.3) is 0 Å². The molecule has 1 saturated heterocycles. The van der Waals surface area contributed by atoms with Crippen LogP contribution in [0.25, 0.3) is 0 Å². The largest absolute Gasteiger partial charge is 0.366 e. The fourth-order valence-corrected chi connectivity index (χ4v) is 2.13. The molecule has 2 rings (SSSR count). The minimum atomic E-state index is 0.498. The molecule has 3 nitrogen and oxygen atoms in total. The number of piperazine rings is 1. The van der Waals surface area contributed by atoms with E-state index < -0.39 is 0 Å². The minimum Gasteiger partial charge on any atom is -0.366 e. The standard InChI is InChI=1S/C13H18N2O/c1-10-8-15(11(2)7-14-10)13-5-3-12(9-16)4-6-13/h3-6,9-11,14H,7-8H2,1-2H3/t10-,11+/m1/s1. The van der Waals surface area contributed by atoms with Crippen molar-refractivity contribution in [3.05, 3.63) is 29.8 Å². The summed E-state index contributed by atoms with van der Waals surface area (Å²) in [6.45, 7) is 6.43. The number of carbonyl (C=O) groups is 1. The third kappa shape index (κ3) is 2.25. The highest BCUT2D eigenvalue weighted by molar-refractivity contribution is 5.75. The Morgan fingerprint density at radius 1 is 1.31 bits per heavy atom. The molecular weight excluding hydrogens is 200 g/mol. The number of benzene rings is 1. The molecule has 0 bridgehead atoms. The van der Waals surface area contributed by atoms with Crippen LogP contribution in [0, 0.1) is 0 Å². The summed E-state index contributed by atoms with van der Waals surface area (Å²) in [4.78, 5) is 13.0. The lowest BCUT2D eigenvalue weighted by atomic mass is 10.1. The number of anilines is 1. The van der Waals surface area contributed by atoms with E-state index in [1.54, 1.807) is 0 Å². The van der Waals surface area contributed by atoms with E-state index >= 15 is 0 Å². The summed E-state index contributed by atoms with van der Waals surface area (Å²) in [5, 5.41) is 3.46. The van der Waals surface area contributed by atoms with Crippen molar-refractivity contribution in [1.82, 2.24) is 5.32 Å². The highest BCUT2D eigenvalue weighted by Crippen LogP contribution is 2.19. The van der Waals surface area contributed by atoms with Crippen molar-refractivity contribution in [2.45, 2.75) is 25.9 Å². The topological polar surface area (TPSA) is 32.3 Å². The normalized spacial score (nSPS) is 25.5. The van der Waals surface area contributed by atoms with E-state index in [1.807, 2.05) is 24.3 Å². The highest BCUT2D eigenvalue weighted by atomic mass is 16.1. The van der Waals surface area contributed by atoms with E-state index in [1.165, 1.54) is 5.69 Å². The van der Waals surface area contributed by atoms with Gasteiger partial charge in [0.15, 0.2) is 0 Å². The number of nitrogens with one attached hydrogen (secondary N) is 1. The van der Waals surface area contributed by atoms with Gasteiger partial charge in [-0.2, -0.15) is 0 Å². The van der Waals surface area contributed by atoms with Gasteiger partial charge in [-0.1, -0.05) is 0 Å². The molecule has 0 unspecified atom stereocenters. The lowest BCUT2D eigenvalue weighted by Crippen LogP contribution is -2.54. The van der Waals surface area contributed by atoms with Gasteiger partial charge < -0.3 is 10.2 Å². The molecular formula is C13H18N2O. The van der Waals surface area contributed by atoms with Crippen molar-refractivity contribution in [3.8, 4) is 0 Å². The Balaban J connectivity index is 2.17. The molecule has 16 heavy (non-hydrogen) atoms. The lowest BCUT2D eigenvalue weighted by Gasteiger charge is -2.39. The molecule has 1 aliphatic rings. The Morgan fingerprint density at radius 3 is 2.62 bits per heavy atom. The molecule has 0 radical (unpaired) electrons. The Kier molecular flexibility index (Phi) is 3.25. The molecule has 1 aromatic carbocycles. The van der Waals surface area contributed by atoms with Gasteiger partial charge in [-0.15, -0.1) is 0 Å². The second-order valence-electron chi connectivity index (χ2n) is 4.52. The summed E-state index contributed by atoms with van der Waals surface area (Å²) in [5.74, 6) is 0. The van der Waals surface area contributed by atoms with Gasteiger partial charge in [-0.05, 0) is 38.1 Å². The highest BCUT2D eigenvalue weighted by Gasteiger charge is 2.22. The third-order valence-electron chi connectivity index (χ3n) is 3.13. The molecule has 86 valence electrons. The summed E-state index contributed by atoms with van der Waals surface area (Å²) < 4.78 is 0. The van der Waals surface area contributed by atoms with Crippen molar-refractivity contribution in [1.29, 1.82) is 0 Å². The maximum atomic E-state index is 10.6. The van der Waals surface area contributed by atoms with E-state index in [9.17, 15) is 4.79 Å². The summed E-state index contributed by atoms with van der Waals surface area (Å²) >= 11 is 0. The Bertz CT molecular complexity index is 361. The first-order chi connectivity index (χ1) is 7.70. The maximum absolute atomic E-state index is 10.6. The van der Waals surface area contributed by atoms with E-state index in [2.05, 4.69) is 24.1 Å². The Labute approximate surface area is 96.5 Å². The molecule has 0 aromatic heterocycles. The SMILES string of the molecule is C[C@@H]1CN(c2ccc(C=O)cc2)[C@@H](C)CN1. The zero-order chi connectivity index (χ0) is 11.5. The van der Waals surface area contributed by atoms with Crippen molar-refractivity contribution in [3.63, 3.8) is 0 Å². The Hall–Kier alpha value is -1.35. The smallest absolute Gasteiger partial charge is 0.150 e. The molecule has 0 amide bonds. The summed E-state index contributed by atoms with van der Waals surface area (Å²) in [6, 6.07) is 8.82. The Morgan fingerprint density at radius 2 is 2.00 bits per heavy atom. The van der Waals surface area contributed by atoms with E-state index in [4.69, 9.17) is 0 Å². The predicted molar refractivity (Wildman–Crippen MR) is 66.1 cm³/mol. The third-order valence-corrected chi connectivity index (χ3v) is 3.13. The number of aldehydes is 1. The molecule has 2 atom stereocenters. The summed E-state index contributed by atoms with van der Waals surface area (Å²) in [6.07, 6.45) is 0.883. The van der Waals surface area contributed by atoms with Gasteiger partial charge in [0, 0.05) is 36.4 Å². The van der Waals surface area contributed by atoms with Crippen LogP contribution < -0.4 is 10.2 Å². The van der Waals surface area contributed by atoms with Crippen molar-refractivity contribution >= 4 is 12.0 Å².